The number of aromatic nitrogens is 4. The summed E-state index contributed by atoms with van der Waals surface area (Å²) in [6.07, 6.45) is 7.88. The van der Waals surface area contributed by atoms with E-state index in [1.807, 2.05) is 45.0 Å². The molecule has 0 bridgehead atoms. The number of carbonyl (C=O) groups is 1. The highest BCUT2D eigenvalue weighted by Gasteiger charge is 2.32. The molecule has 5 rings (SSSR count). The number of carbonyl (C=O) groups excluding carboxylic acids is 1. The van der Waals surface area contributed by atoms with Gasteiger partial charge in [-0.05, 0) is 95.0 Å². The van der Waals surface area contributed by atoms with Gasteiger partial charge in [-0.1, -0.05) is 17.7 Å². The average molecular weight is 538 g/mol. The number of hydrogen-bond donors (Lipinski definition) is 1. The molecule has 0 unspecified atom stereocenters. The lowest BCUT2D eigenvalue weighted by molar-refractivity contribution is 0.0525. The zero-order chi connectivity index (χ0) is 26.7. The summed E-state index contributed by atoms with van der Waals surface area (Å²) in [5.74, 6) is 3.28. The van der Waals surface area contributed by atoms with E-state index in [1.165, 1.54) is 5.56 Å². The van der Waals surface area contributed by atoms with Gasteiger partial charge in [-0.2, -0.15) is 0 Å². The van der Waals surface area contributed by atoms with Gasteiger partial charge in [0.25, 0.3) is 0 Å². The van der Waals surface area contributed by atoms with Crippen LogP contribution in [0, 0.1) is 5.92 Å². The second kappa shape index (κ2) is 11.3. The molecule has 1 aliphatic carbocycles. The van der Waals surface area contributed by atoms with E-state index in [9.17, 15) is 4.79 Å². The molecule has 1 fully saturated rings. The zero-order valence-electron chi connectivity index (χ0n) is 22.3. The Morgan fingerprint density at radius 1 is 1.11 bits per heavy atom. The molecular formula is C29H36ClN5O3. The van der Waals surface area contributed by atoms with Crippen LogP contribution in [0.15, 0.2) is 42.6 Å². The first-order valence-corrected chi connectivity index (χ1v) is 13.9. The molecule has 1 atom stereocenters. The molecule has 3 heterocycles. The minimum Gasteiger partial charge on any atom is -0.474 e. The van der Waals surface area contributed by atoms with Gasteiger partial charge in [0.05, 0.1) is 5.69 Å². The Bertz CT molecular complexity index is 1250. The lowest BCUT2D eigenvalue weighted by atomic mass is 9.86. The van der Waals surface area contributed by atoms with E-state index < -0.39 is 5.60 Å². The fourth-order valence-electron chi connectivity index (χ4n) is 5.49. The lowest BCUT2D eigenvalue weighted by Gasteiger charge is -2.28. The van der Waals surface area contributed by atoms with Crippen LogP contribution >= 0.6 is 11.6 Å². The number of ether oxygens (including phenoxy) is 2. The number of benzene rings is 1. The molecule has 0 spiro atoms. The summed E-state index contributed by atoms with van der Waals surface area (Å²) in [6.45, 7) is 6.13. The van der Waals surface area contributed by atoms with E-state index in [1.54, 1.807) is 6.20 Å². The van der Waals surface area contributed by atoms with Crippen LogP contribution in [0.4, 0.5) is 4.79 Å². The van der Waals surface area contributed by atoms with E-state index in [-0.39, 0.29) is 12.2 Å². The molecule has 1 amide bonds. The van der Waals surface area contributed by atoms with Crippen LogP contribution in [0.2, 0.25) is 5.02 Å². The molecule has 202 valence electrons. The van der Waals surface area contributed by atoms with Gasteiger partial charge in [-0.15, -0.1) is 10.2 Å². The standard InChI is InChI=1S/C29H36ClN5O3/c1-29(2,3)38-28(36)32-15-13-19-16-21-18-22(30)9-12-24(21)35-25(17-19)33-34-27(35)20-7-10-23(11-8-20)37-26-6-4-5-14-31-26/h4-6,9,12,14,18-20,23H,7-8,10-11,13,15-17H2,1-3H3,(H,32,36)/t19-,20-,23-/m0/s1. The highest BCUT2D eigenvalue weighted by Crippen LogP contribution is 2.38. The molecule has 8 nitrogen and oxygen atoms in total. The predicted octanol–water partition coefficient (Wildman–Crippen LogP) is 6.05. The molecule has 0 saturated heterocycles. The number of fused-ring (bicyclic) bond motifs is 3. The van der Waals surface area contributed by atoms with Crippen molar-refractivity contribution in [2.24, 2.45) is 5.92 Å². The van der Waals surface area contributed by atoms with E-state index in [4.69, 9.17) is 26.2 Å². The summed E-state index contributed by atoms with van der Waals surface area (Å²) < 4.78 is 13.8. The summed E-state index contributed by atoms with van der Waals surface area (Å²) >= 11 is 6.42. The summed E-state index contributed by atoms with van der Waals surface area (Å²) in [5.41, 5.74) is 1.78. The minimum atomic E-state index is -0.515. The van der Waals surface area contributed by atoms with Crippen molar-refractivity contribution in [2.45, 2.75) is 83.3 Å². The minimum absolute atomic E-state index is 0.167. The Morgan fingerprint density at radius 3 is 2.66 bits per heavy atom. The monoisotopic (exact) mass is 537 g/mol. The van der Waals surface area contributed by atoms with E-state index in [0.717, 1.165) is 67.3 Å². The number of nitrogens with one attached hydrogen (secondary N) is 1. The molecular weight excluding hydrogens is 502 g/mol. The number of nitrogens with zero attached hydrogens (tertiary/aromatic N) is 4. The van der Waals surface area contributed by atoms with Gasteiger partial charge in [0, 0.05) is 36.2 Å². The molecule has 2 aromatic heterocycles. The van der Waals surface area contributed by atoms with Crippen molar-refractivity contribution in [1.29, 1.82) is 0 Å². The first kappa shape index (κ1) is 26.5. The van der Waals surface area contributed by atoms with Crippen LogP contribution in [0.3, 0.4) is 0 Å². The van der Waals surface area contributed by atoms with Crippen molar-refractivity contribution in [2.75, 3.05) is 6.54 Å². The maximum atomic E-state index is 12.1. The molecule has 3 aromatic rings. The molecule has 0 radical (unpaired) electrons. The molecule has 1 saturated carbocycles. The number of alkyl carbamates (subject to hydrolysis) is 1. The quantitative estimate of drug-likeness (QED) is 0.411. The molecule has 1 aromatic carbocycles. The van der Waals surface area contributed by atoms with Crippen molar-refractivity contribution in [3.05, 3.63) is 64.8 Å². The Labute approximate surface area is 229 Å². The average Bonchev–Trinajstić information content (AvgIpc) is 3.20. The number of pyridine rings is 1. The Balaban J connectivity index is 1.29. The summed E-state index contributed by atoms with van der Waals surface area (Å²) in [7, 11) is 0. The van der Waals surface area contributed by atoms with E-state index in [0.29, 0.717) is 24.3 Å². The van der Waals surface area contributed by atoms with Crippen molar-refractivity contribution in [3.63, 3.8) is 0 Å². The highest BCUT2D eigenvalue weighted by molar-refractivity contribution is 6.30. The normalized spacial score (nSPS) is 21.1. The third-order valence-corrected chi connectivity index (χ3v) is 7.44. The van der Waals surface area contributed by atoms with Gasteiger partial charge in [0.15, 0.2) is 0 Å². The maximum absolute atomic E-state index is 12.1. The molecule has 2 aliphatic rings. The summed E-state index contributed by atoms with van der Waals surface area (Å²) in [6, 6.07) is 11.8. The molecule has 9 heteroatoms. The van der Waals surface area contributed by atoms with Crippen molar-refractivity contribution in [1.82, 2.24) is 25.1 Å². The summed E-state index contributed by atoms with van der Waals surface area (Å²) in [5, 5.41) is 13.0. The fraction of sp³-hybridized carbons (Fsp3) is 0.517. The van der Waals surface area contributed by atoms with Gasteiger partial charge in [-0.25, -0.2) is 9.78 Å². The maximum Gasteiger partial charge on any atom is 0.407 e. The van der Waals surface area contributed by atoms with Crippen LogP contribution in [0.5, 0.6) is 5.88 Å². The van der Waals surface area contributed by atoms with Crippen molar-refractivity contribution in [3.8, 4) is 11.6 Å². The largest absolute Gasteiger partial charge is 0.474 e. The lowest BCUT2D eigenvalue weighted by Crippen LogP contribution is -2.33. The van der Waals surface area contributed by atoms with Crippen LogP contribution in [-0.4, -0.2) is 44.1 Å². The first-order valence-electron chi connectivity index (χ1n) is 13.5. The van der Waals surface area contributed by atoms with E-state index in [2.05, 4.69) is 32.1 Å². The zero-order valence-corrected chi connectivity index (χ0v) is 23.1. The van der Waals surface area contributed by atoms with Crippen LogP contribution in [0.25, 0.3) is 5.69 Å². The molecule has 1 aliphatic heterocycles. The van der Waals surface area contributed by atoms with Gasteiger partial charge < -0.3 is 14.8 Å². The highest BCUT2D eigenvalue weighted by atomic mass is 35.5. The number of halogens is 1. The third-order valence-electron chi connectivity index (χ3n) is 7.20. The Kier molecular flexibility index (Phi) is 7.88. The van der Waals surface area contributed by atoms with Crippen molar-refractivity contribution >= 4 is 17.7 Å². The molecule has 38 heavy (non-hydrogen) atoms. The number of hydrogen-bond acceptors (Lipinski definition) is 6. The second-order valence-corrected chi connectivity index (χ2v) is 11.8. The van der Waals surface area contributed by atoms with Gasteiger partial charge in [0.1, 0.15) is 23.4 Å². The van der Waals surface area contributed by atoms with Crippen LogP contribution in [0.1, 0.15) is 76.0 Å². The topological polar surface area (TPSA) is 91.2 Å². The number of amides is 1. The smallest absolute Gasteiger partial charge is 0.407 e. The number of rotatable bonds is 6. The summed E-state index contributed by atoms with van der Waals surface area (Å²) in [4.78, 5) is 16.4. The van der Waals surface area contributed by atoms with Gasteiger partial charge >= 0.3 is 6.09 Å². The second-order valence-electron chi connectivity index (χ2n) is 11.3. The van der Waals surface area contributed by atoms with Gasteiger partial charge in [0.2, 0.25) is 5.88 Å². The van der Waals surface area contributed by atoms with Crippen molar-refractivity contribution < 1.29 is 14.3 Å². The predicted molar refractivity (Wildman–Crippen MR) is 146 cm³/mol. The Hall–Kier alpha value is -3.13. The Morgan fingerprint density at radius 2 is 1.92 bits per heavy atom. The van der Waals surface area contributed by atoms with Gasteiger partial charge in [-0.3, -0.25) is 4.57 Å². The SMILES string of the molecule is CC(C)(C)OC(=O)NCC[C@H]1Cc2cc(Cl)ccc2-n2c(nnc2[C@H]2CC[C@H](Oc3ccccn3)CC2)C1. The fourth-order valence-corrected chi connectivity index (χ4v) is 5.68. The third kappa shape index (κ3) is 6.46. The van der Waals surface area contributed by atoms with E-state index >= 15 is 0 Å². The molecule has 1 N–H and O–H groups in total. The van der Waals surface area contributed by atoms with Crippen LogP contribution < -0.4 is 10.1 Å². The van der Waals surface area contributed by atoms with Crippen LogP contribution in [-0.2, 0) is 17.6 Å². The first-order chi connectivity index (χ1) is 18.2.